The van der Waals surface area contributed by atoms with Crippen molar-refractivity contribution >= 4 is 5.78 Å². The van der Waals surface area contributed by atoms with Gasteiger partial charge in [0.1, 0.15) is 5.67 Å². The molecule has 1 aliphatic heterocycles. The van der Waals surface area contributed by atoms with Crippen molar-refractivity contribution in [2.24, 2.45) is 46.8 Å². The van der Waals surface area contributed by atoms with Gasteiger partial charge in [0.05, 0.1) is 24.3 Å². The van der Waals surface area contributed by atoms with E-state index in [4.69, 9.17) is 0 Å². The molecule has 12 atom stereocenters. The molecule has 1 heterocycles. The molecule has 5 heteroatoms. The maximum atomic E-state index is 16.6. The zero-order valence-electron chi connectivity index (χ0n) is 20.6. The third-order valence-corrected chi connectivity index (χ3v) is 12.0. The van der Waals surface area contributed by atoms with Crippen molar-refractivity contribution in [2.45, 2.75) is 108 Å². The van der Waals surface area contributed by atoms with Gasteiger partial charge < -0.3 is 5.11 Å². The number of piperidine rings is 1. The summed E-state index contributed by atoms with van der Waals surface area (Å²) in [5.74, 6) is 2.57. The highest BCUT2D eigenvalue weighted by molar-refractivity contribution is 5.84. The van der Waals surface area contributed by atoms with Crippen molar-refractivity contribution in [1.29, 1.82) is 5.26 Å². The first-order chi connectivity index (χ1) is 15.6. The maximum absolute atomic E-state index is 16.6. The lowest BCUT2D eigenvalue weighted by Gasteiger charge is -2.59. The van der Waals surface area contributed by atoms with Crippen molar-refractivity contribution in [3.8, 4) is 6.07 Å². The van der Waals surface area contributed by atoms with E-state index in [-0.39, 0.29) is 29.2 Å². The maximum Gasteiger partial charge on any atom is 0.150 e. The third kappa shape index (κ3) is 3.15. The Hall–Kier alpha value is -0.990. The summed E-state index contributed by atoms with van der Waals surface area (Å²) < 4.78 is 16.6. The van der Waals surface area contributed by atoms with E-state index in [2.05, 4.69) is 24.8 Å². The van der Waals surface area contributed by atoms with Crippen molar-refractivity contribution < 1.29 is 14.3 Å². The van der Waals surface area contributed by atoms with Gasteiger partial charge in [0.25, 0.3) is 0 Å². The van der Waals surface area contributed by atoms with Crippen molar-refractivity contribution in [3.05, 3.63) is 0 Å². The summed E-state index contributed by atoms with van der Waals surface area (Å²) in [6.45, 7) is 6.91. The number of carbonyl (C=O) groups is 1. The molecule has 6 fully saturated rings. The number of aliphatic hydroxyl groups is 1. The fraction of sp³-hybridized carbons (Fsp3) is 0.929. The number of hydrogen-bond donors (Lipinski definition) is 1. The van der Waals surface area contributed by atoms with Crippen LogP contribution in [-0.4, -0.2) is 45.7 Å². The van der Waals surface area contributed by atoms with Crippen LogP contribution >= 0.6 is 0 Å². The van der Waals surface area contributed by atoms with Gasteiger partial charge in [-0.2, -0.15) is 5.26 Å². The standard InChI is InChI=1S/C28H41FN2O2/c1-16-20-12-18(14-30)31(25(16)20)15-24(32)23-7-6-21-19-5-4-17-13-26(2,33)10-11-28(17,29)22(19)8-9-27(21,23)3/h16-23,25,33H,4-13,15H2,1-3H3/t16-,17-,18-,19+,20+,21+,22?,23-,25-,26-,27+,28-/m1/s1. The first-order valence-electron chi connectivity index (χ1n) is 13.7. The number of nitriles is 1. The van der Waals surface area contributed by atoms with Crippen LogP contribution in [-0.2, 0) is 4.79 Å². The SMILES string of the molecule is C[C@@H]1[C@@H]2C[C@H](C#N)N(CC(=O)[C@H]3CC[C@H]4[C@@H]5CC[C@@H]6C[C@](C)(O)CC[C@]6(F)C5CC[C@]34C)[C@H]12. The van der Waals surface area contributed by atoms with Gasteiger partial charge in [-0.1, -0.05) is 13.8 Å². The van der Waals surface area contributed by atoms with Crippen LogP contribution in [0, 0.1) is 58.2 Å². The predicted molar refractivity (Wildman–Crippen MR) is 124 cm³/mol. The molecular formula is C28H41FN2O2. The molecule has 6 aliphatic rings. The molecule has 33 heavy (non-hydrogen) atoms. The minimum Gasteiger partial charge on any atom is -0.390 e. The van der Waals surface area contributed by atoms with Crippen LogP contribution in [0.4, 0.5) is 4.39 Å². The molecule has 0 aromatic heterocycles. The predicted octanol–water partition coefficient (Wildman–Crippen LogP) is 4.90. The fourth-order valence-electron chi connectivity index (χ4n) is 10.2. The number of alkyl halides is 1. The monoisotopic (exact) mass is 456 g/mol. The third-order valence-electron chi connectivity index (χ3n) is 12.0. The number of ketones is 1. The van der Waals surface area contributed by atoms with Gasteiger partial charge in [-0.25, -0.2) is 4.39 Å². The molecule has 0 aromatic carbocycles. The normalized spacial score (nSPS) is 57.4. The second-order valence-electron chi connectivity index (χ2n) is 13.5. The zero-order chi connectivity index (χ0) is 23.3. The number of Topliss-reactive ketones (excluding diaryl/α,β-unsaturated/α-hetero) is 1. The molecule has 5 saturated carbocycles. The molecule has 182 valence electrons. The van der Waals surface area contributed by atoms with Gasteiger partial charge in [-0.15, -0.1) is 0 Å². The van der Waals surface area contributed by atoms with Crippen molar-refractivity contribution in [1.82, 2.24) is 4.90 Å². The Balaban J connectivity index is 1.18. The van der Waals surface area contributed by atoms with Gasteiger partial charge >= 0.3 is 0 Å². The quantitative estimate of drug-likeness (QED) is 0.656. The van der Waals surface area contributed by atoms with E-state index in [1.807, 2.05) is 6.92 Å². The Kier molecular flexibility index (Phi) is 4.95. The highest BCUT2D eigenvalue weighted by Crippen LogP contribution is 2.66. The Morgan fingerprint density at radius 3 is 2.64 bits per heavy atom. The summed E-state index contributed by atoms with van der Waals surface area (Å²) in [5.41, 5.74) is -1.85. The lowest BCUT2D eigenvalue weighted by Crippen LogP contribution is -2.58. The van der Waals surface area contributed by atoms with E-state index in [1.54, 1.807) is 0 Å². The van der Waals surface area contributed by atoms with Crippen LogP contribution in [0.2, 0.25) is 0 Å². The fourth-order valence-corrected chi connectivity index (χ4v) is 10.2. The zero-order valence-corrected chi connectivity index (χ0v) is 20.6. The van der Waals surface area contributed by atoms with Crippen LogP contribution < -0.4 is 0 Å². The number of halogens is 1. The second-order valence-corrected chi connectivity index (χ2v) is 13.5. The molecule has 0 aromatic rings. The van der Waals surface area contributed by atoms with E-state index in [0.29, 0.717) is 61.3 Å². The Labute approximate surface area is 198 Å². The van der Waals surface area contributed by atoms with E-state index < -0.39 is 11.3 Å². The number of likely N-dealkylation sites (tertiary alicyclic amines) is 1. The minimum atomic E-state index is -1.12. The molecule has 0 bridgehead atoms. The number of nitrogens with zero attached hydrogens (tertiary/aromatic N) is 2. The summed E-state index contributed by atoms with van der Waals surface area (Å²) >= 11 is 0. The first-order valence-corrected chi connectivity index (χ1v) is 13.7. The average molecular weight is 457 g/mol. The molecule has 0 amide bonds. The van der Waals surface area contributed by atoms with E-state index in [9.17, 15) is 15.2 Å². The molecule has 1 N–H and O–H groups in total. The minimum absolute atomic E-state index is 0.00255. The van der Waals surface area contributed by atoms with E-state index in [0.717, 1.165) is 44.9 Å². The summed E-state index contributed by atoms with van der Waals surface area (Å²) in [5, 5.41) is 20.2. The summed E-state index contributed by atoms with van der Waals surface area (Å²) in [7, 11) is 0. The molecule has 1 unspecified atom stereocenters. The largest absolute Gasteiger partial charge is 0.390 e. The lowest BCUT2D eigenvalue weighted by molar-refractivity contribution is -0.166. The Morgan fingerprint density at radius 2 is 1.88 bits per heavy atom. The topological polar surface area (TPSA) is 64.3 Å². The first kappa shape index (κ1) is 22.5. The van der Waals surface area contributed by atoms with Crippen LogP contribution in [0.25, 0.3) is 0 Å². The van der Waals surface area contributed by atoms with E-state index in [1.165, 1.54) is 0 Å². The summed E-state index contributed by atoms with van der Waals surface area (Å²) in [6.07, 6.45) is 8.39. The Morgan fingerprint density at radius 1 is 1.09 bits per heavy atom. The average Bonchev–Trinajstić information content (AvgIpc) is 3.08. The van der Waals surface area contributed by atoms with Gasteiger partial charge in [0, 0.05) is 12.0 Å². The smallest absolute Gasteiger partial charge is 0.150 e. The number of fused-ring (bicyclic) bond motifs is 6. The van der Waals surface area contributed by atoms with Gasteiger partial charge in [0.15, 0.2) is 5.78 Å². The van der Waals surface area contributed by atoms with Crippen molar-refractivity contribution in [3.63, 3.8) is 0 Å². The lowest BCUT2D eigenvalue weighted by atomic mass is 9.48. The number of carbonyl (C=O) groups excluding carboxylic acids is 1. The Bertz CT molecular complexity index is 884. The molecule has 0 spiro atoms. The van der Waals surface area contributed by atoms with Crippen LogP contribution in [0.1, 0.15) is 85.0 Å². The number of hydrogen-bond acceptors (Lipinski definition) is 4. The van der Waals surface area contributed by atoms with E-state index >= 15 is 4.39 Å². The highest BCUT2D eigenvalue weighted by atomic mass is 19.1. The summed E-state index contributed by atoms with van der Waals surface area (Å²) in [6, 6.07) is 2.79. The van der Waals surface area contributed by atoms with Crippen LogP contribution in [0.15, 0.2) is 0 Å². The van der Waals surface area contributed by atoms with Gasteiger partial charge in [-0.3, -0.25) is 9.69 Å². The number of rotatable bonds is 3. The summed E-state index contributed by atoms with van der Waals surface area (Å²) in [4.78, 5) is 15.9. The second kappa shape index (κ2) is 7.26. The van der Waals surface area contributed by atoms with Gasteiger partial charge in [0.2, 0.25) is 0 Å². The molecule has 6 rings (SSSR count). The molecule has 1 saturated heterocycles. The molecule has 0 radical (unpaired) electrons. The van der Waals surface area contributed by atoms with Gasteiger partial charge in [-0.05, 0) is 112 Å². The molecule has 5 aliphatic carbocycles. The molecular weight excluding hydrogens is 415 g/mol. The highest BCUT2D eigenvalue weighted by Gasteiger charge is 2.64. The van der Waals surface area contributed by atoms with Crippen LogP contribution in [0.3, 0.4) is 0 Å². The van der Waals surface area contributed by atoms with Crippen LogP contribution in [0.5, 0.6) is 0 Å². The molecule has 4 nitrogen and oxygen atoms in total. The van der Waals surface area contributed by atoms with Crippen molar-refractivity contribution in [2.75, 3.05) is 6.54 Å².